The van der Waals surface area contributed by atoms with Gasteiger partial charge in [-0.05, 0) is 58.2 Å². The highest BCUT2D eigenvalue weighted by atomic mass is 79.9. The first-order chi connectivity index (χ1) is 11.6. The molecule has 0 heterocycles. The Kier molecular flexibility index (Phi) is 7.59. The zero-order valence-corrected chi connectivity index (χ0v) is 16.5. The highest BCUT2D eigenvalue weighted by molar-refractivity contribution is 9.10. The SMILES string of the molecule is COc1ccc(CCC(=O)NCCOc2cccc(Br)c2)cc1Br. The summed E-state index contributed by atoms with van der Waals surface area (Å²) < 4.78 is 12.6. The Hall–Kier alpha value is -1.53. The molecule has 6 heteroatoms. The predicted molar refractivity (Wildman–Crippen MR) is 102 cm³/mol. The molecule has 1 amide bonds. The van der Waals surface area contributed by atoms with Crippen molar-refractivity contribution in [3.05, 3.63) is 57.0 Å². The molecule has 0 saturated heterocycles. The zero-order chi connectivity index (χ0) is 17.4. The van der Waals surface area contributed by atoms with Crippen molar-refractivity contribution in [2.45, 2.75) is 12.8 Å². The fourth-order valence-corrected chi connectivity index (χ4v) is 3.09. The molecule has 0 aromatic heterocycles. The van der Waals surface area contributed by atoms with Gasteiger partial charge in [0.25, 0.3) is 0 Å². The van der Waals surface area contributed by atoms with E-state index in [9.17, 15) is 4.79 Å². The number of hydrogen-bond donors (Lipinski definition) is 1. The van der Waals surface area contributed by atoms with E-state index in [4.69, 9.17) is 9.47 Å². The van der Waals surface area contributed by atoms with Crippen molar-refractivity contribution in [3.63, 3.8) is 0 Å². The van der Waals surface area contributed by atoms with Gasteiger partial charge in [-0.25, -0.2) is 0 Å². The molecule has 4 nitrogen and oxygen atoms in total. The van der Waals surface area contributed by atoms with Crippen molar-refractivity contribution in [2.24, 2.45) is 0 Å². The molecule has 0 fully saturated rings. The number of nitrogens with one attached hydrogen (secondary N) is 1. The maximum atomic E-state index is 11.9. The van der Waals surface area contributed by atoms with Crippen molar-refractivity contribution in [1.82, 2.24) is 5.32 Å². The number of benzene rings is 2. The second kappa shape index (κ2) is 9.69. The maximum absolute atomic E-state index is 11.9. The van der Waals surface area contributed by atoms with Gasteiger partial charge < -0.3 is 14.8 Å². The third kappa shape index (κ3) is 6.17. The Morgan fingerprint density at radius 2 is 2.00 bits per heavy atom. The number of halogens is 2. The maximum Gasteiger partial charge on any atom is 0.220 e. The van der Waals surface area contributed by atoms with Gasteiger partial charge in [-0.1, -0.05) is 28.1 Å². The molecule has 2 aromatic carbocycles. The topological polar surface area (TPSA) is 47.6 Å². The van der Waals surface area contributed by atoms with E-state index < -0.39 is 0 Å². The smallest absolute Gasteiger partial charge is 0.220 e. The predicted octanol–water partition coefficient (Wildman–Crippen LogP) is 4.35. The number of rotatable bonds is 8. The third-order valence-electron chi connectivity index (χ3n) is 3.35. The van der Waals surface area contributed by atoms with Gasteiger partial charge in [0.05, 0.1) is 18.1 Å². The van der Waals surface area contributed by atoms with Crippen LogP contribution in [0.15, 0.2) is 51.4 Å². The average molecular weight is 457 g/mol. The van der Waals surface area contributed by atoms with Crippen LogP contribution in [0.5, 0.6) is 11.5 Å². The summed E-state index contributed by atoms with van der Waals surface area (Å²) in [5.74, 6) is 1.58. The molecule has 2 aromatic rings. The van der Waals surface area contributed by atoms with Gasteiger partial charge in [0.1, 0.15) is 18.1 Å². The average Bonchev–Trinajstić information content (AvgIpc) is 2.57. The quantitative estimate of drug-likeness (QED) is 0.600. The van der Waals surface area contributed by atoms with Crippen molar-refractivity contribution >= 4 is 37.8 Å². The van der Waals surface area contributed by atoms with Crippen LogP contribution in [0.2, 0.25) is 0 Å². The lowest BCUT2D eigenvalue weighted by Gasteiger charge is -2.09. The minimum absolute atomic E-state index is 0.0137. The molecule has 2 rings (SSSR count). The van der Waals surface area contributed by atoms with Crippen molar-refractivity contribution in [2.75, 3.05) is 20.3 Å². The van der Waals surface area contributed by atoms with Crippen LogP contribution >= 0.6 is 31.9 Å². The number of methoxy groups -OCH3 is 1. The van der Waals surface area contributed by atoms with Gasteiger partial charge in [-0.15, -0.1) is 0 Å². The Morgan fingerprint density at radius 3 is 2.71 bits per heavy atom. The van der Waals surface area contributed by atoms with Gasteiger partial charge in [0.2, 0.25) is 5.91 Å². The zero-order valence-electron chi connectivity index (χ0n) is 13.4. The Labute approximate surface area is 158 Å². The second-order valence-electron chi connectivity index (χ2n) is 5.12. The standard InChI is InChI=1S/C18H19Br2NO3/c1-23-17-7-5-13(11-16(17)20)6-8-18(22)21-9-10-24-15-4-2-3-14(19)12-15/h2-5,7,11-12H,6,8-10H2,1H3,(H,21,22). The van der Waals surface area contributed by atoms with E-state index in [1.165, 1.54) is 0 Å². The largest absolute Gasteiger partial charge is 0.496 e. The van der Waals surface area contributed by atoms with E-state index in [0.717, 1.165) is 26.0 Å². The van der Waals surface area contributed by atoms with Crippen LogP contribution in [0, 0.1) is 0 Å². The molecule has 24 heavy (non-hydrogen) atoms. The van der Waals surface area contributed by atoms with E-state index in [1.54, 1.807) is 7.11 Å². The summed E-state index contributed by atoms with van der Waals surface area (Å²) in [5.41, 5.74) is 1.09. The molecular weight excluding hydrogens is 438 g/mol. The minimum Gasteiger partial charge on any atom is -0.496 e. The highest BCUT2D eigenvalue weighted by Gasteiger charge is 2.05. The number of hydrogen-bond acceptors (Lipinski definition) is 3. The Morgan fingerprint density at radius 1 is 1.17 bits per heavy atom. The number of carbonyl (C=O) groups is 1. The van der Waals surface area contributed by atoms with Crippen LogP contribution in [0.25, 0.3) is 0 Å². The van der Waals surface area contributed by atoms with Gasteiger partial charge in [-0.2, -0.15) is 0 Å². The highest BCUT2D eigenvalue weighted by Crippen LogP contribution is 2.25. The van der Waals surface area contributed by atoms with Crippen LogP contribution in [0.4, 0.5) is 0 Å². The van der Waals surface area contributed by atoms with Gasteiger partial charge in [0.15, 0.2) is 0 Å². The summed E-state index contributed by atoms with van der Waals surface area (Å²) in [7, 11) is 1.63. The van der Waals surface area contributed by atoms with Gasteiger partial charge in [0, 0.05) is 10.9 Å². The molecule has 0 unspecified atom stereocenters. The molecule has 0 bridgehead atoms. The third-order valence-corrected chi connectivity index (χ3v) is 4.46. The molecule has 128 valence electrons. The van der Waals surface area contributed by atoms with E-state index in [0.29, 0.717) is 26.0 Å². The van der Waals surface area contributed by atoms with Crippen molar-refractivity contribution < 1.29 is 14.3 Å². The van der Waals surface area contributed by atoms with E-state index in [2.05, 4.69) is 37.2 Å². The molecule has 0 aliphatic carbocycles. The lowest BCUT2D eigenvalue weighted by atomic mass is 10.1. The van der Waals surface area contributed by atoms with Crippen LogP contribution in [0.1, 0.15) is 12.0 Å². The van der Waals surface area contributed by atoms with Gasteiger partial charge >= 0.3 is 0 Å². The lowest BCUT2D eigenvalue weighted by Crippen LogP contribution is -2.28. The van der Waals surface area contributed by atoms with E-state index in [-0.39, 0.29) is 5.91 Å². The number of aryl methyl sites for hydroxylation is 1. The number of carbonyl (C=O) groups excluding carboxylic acids is 1. The first-order valence-corrected chi connectivity index (χ1v) is 9.14. The summed E-state index contributed by atoms with van der Waals surface area (Å²) in [6.45, 7) is 0.925. The normalized spacial score (nSPS) is 10.3. The van der Waals surface area contributed by atoms with E-state index in [1.807, 2.05) is 42.5 Å². The van der Waals surface area contributed by atoms with Crippen LogP contribution in [-0.4, -0.2) is 26.2 Å². The molecule has 0 spiro atoms. The fourth-order valence-electron chi connectivity index (χ4n) is 2.13. The molecular formula is C18H19Br2NO3. The summed E-state index contributed by atoms with van der Waals surface area (Å²) >= 11 is 6.84. The molecule has 0 radical (unpaired) electrons. The number of amides is 1. The van der Waals surface area contributed by atoms with Crippen molar-refractivity contribution in [1.29, 1.82) is 0 Å². The Bertz CT molecular complexity index is 692. The van der Waals surface area contributed by atoms with Crippen LogP contribution < -0.4 is 14.8 Å². The fraction of sp³-hybridized carbons (Fsp3) is 0.278. The van der Waals surface area contributed by atoms with E-state index >= 15 is 0 Å². The molecule has 0 atom stereocenters. The second-order valence-corrected chi connectivity index (χ2v) is 6.89. The Balaban J connectivity index is 1.67. The molecule has 0 aliphatic rings. The summed E-state index contributed by atoms with van der Waals surface area (Å²) in [5, 5.41) is 2.86. The molecule has 0 aliphatic heterocycles. The molecule has 0 saturated carbocycles. The first kappa shape index (κ1) is 18.8. The van der Waals surface area contributed by atoms with Crippen LogP contribution in [-0.2, 0) is 11.2 Å². The summed E-state index contributed by atoms with van der Waals surface area (Å²) in [4.78, 5) is 11.9. The number of ether oxygens (including phenoxy) is 2. The minimum atomic E-state index is 0.0137. The summed E-state index contributed by atoms with van der Waals surface area (Å²) in [6, 6.07) is 13.5. The monoisotopic (exact) mass is 455 g/mol. The first-order valence-electron chi connectivity index (χ1n) is 7.56. The molecule has 1 N–H and O–H groups in total. The lowest BCUT2D eigenvalue weighted by molar-refractivity contribution is -0.121. The van der Waals surface area contributed by atoms with Gasteiger partial charge in [-0.3, -0.25) is 4.79 Å². The summed E-state index contributed by atoms with van der Waals surface area (Å²) in [6.07, 6.45) is 1.12. The van der Waals surface area contributed by atoms with Crippen LogP contribution in [0.3, 0.4) is 0 Å². The van der Waals surface area contributed by atoms with Crippen molar-refractivity contribution in [3.8, 4) is 11.5 Å².